The van der Waals surface area contributed by atoms with E-state index in [1.54, 1.807) is 0 Å². The molecule has 3 heterocycles. The summed E-state index contributed by atoms with van der Waals surface area (Å²) in [5.74, 6) is 0.502. The second-order valence-electron chi connectivity index (χ2n) is 7.63. The van der Waals surface area contributed by atoms with Crippen molar-refractivity contribution in [1.82, 2.24) is 14.7 Å². The van der Waals surface area contributed by atoms with E-state index in [0.29, 0.717) is 48.8 Å². The van der Waals surface area contributed by atoms with Crippen LogP contribution in [0.3, 0.4) is 0 Å². The van der Waals surface area contributed by atoms with E-state index < -0.39 is 0 Å². The lowest BCUT2D eigenvalue weighted by molar-refractivity contribution is -0.0458. The molecule has 2 aliphatic heterocycles. The van der Waals surface area contributed by atoms with Gasteiger partial charge in [-0.3, -0.25) is 9.58 Å². The molecule has 1 aromatic heterocycles. The average Bonchev–Trinajstić information content (AvgIpc) is 3.12. The first kappa shape index (κ1) is 17.1. The predicted octanol–water partition coefficient (Wildman–Crippen LogP) is 1.57. The number of hydrogen-bond donors (Lipinski definition) is 2. The molecule has 2 bridgehead atoms. The minimum absolute atomic E-state index is 0.119. The summed E-state index contributed by atoms with van der Waals surface area (Å²) in [6.45, 7) is 2.40. The molecule has 0 radical (unpaired) electrons. The summed E-state index contributed by atoms with van der Waals surface area (Å²) in [6, 6.07) is 2.40. The van der Waals surface area contributed by atoms with Gasteiger partial charge in [0.15, 0.2) is 0 Å². The van der Waals surface area contributed by atoms with Gasteiger partial charge in [-0.25, -0.2) is 0 Å². The number of rotatable bonds is 6. The van der Waals surface area contributed by atoms with Crippen LogP contribution in [-0.2, 0) is 4.74 Å². The average molecular weight is 350 g/mol. The number of hydrogen-bond acceptors (Lipinski definition) is 6. The van der Waals surface area contributed by atoms with Crippen LogP contribution in [0.25, 0.3) is 0 Å². The molecule has 7 heteroatoms. The highest BCUT2D eigenvalue weighted by molar-refractivity contribution is 5.46. The van der Waals surface area contributed by atoms with E-state index in [0.717, 1.165) is 26.1 Å². The van der Waals surface area contributed by atoms with Gasteiger partial charge in [0.2, 0.25) is 0 Å². The summed E-state index contributed by atoms with van der Waals surface area (Å²) in [5, 5.41) is 13.4. The Kier molecular flexibility index (Phi) is 5.15. The van der Waals surface area contributed by atoms with Crippen LogP contribution in [0, 0.1) is 0 Å². The lowest BCUT2D eigenvalue weighted by atomic mass is 9.89. The number of nitrogens with zero attached hydrogens (tertiary/aromatic N) is 3. The molecule has 3 aliphatic rings. The third-order valence-electron chi connectivity index (χ3n) is 6.02. The molecule has 7 nitrogen and oxygen atoms in total. The molecule has 4 rings (SSSR count). The summed E-state index contributed by atoms with van der Waals surface area (Å²) in [4.78, 5) is 2.76. The van der Waals surface area contributed by atoms with Gasteiger partial charge in [-0.2, -0.15) is 0 Å². The molecule has 1 aromatic rings. The number of anilines is 1. The number of ether oxygens (including phenoxy) is 2. The monoisotopic (exact) mass is 350 g/mol. The smallest absolute Gasteiger partial charge is 0.256 e. The van der Waals surface area contributed by atoms with Crippen LogP contribution in [0.15, 0.2) is 6.20 Å². The van der Waals surface area contributed by atoms with Crippen molar-refractivity contribution in [2.75, 3.05) is 32.2 Å². The van der Waals surface area contributed by atoms with Gasteiger partial charge < -0.3 is 20.3 Å². The van der Waals surface area contributed by atoms with E-state index in [-0.39, 0.29) is 6.61 Å². The third kappa shape index (κ3) is 3.50. The maximum Gasteiger partial charge on any atom is 0.256 e. The molecule has 0 aromatic carbocycles. The van der Waals surface area contributed by atoms with Gasteiger partial charge in [0.05, 0.1) is 32.1 Å². The third-order valence-corrected chi connectivity index (χ3v) is 6.02. The first-order chi connectivity index (χ1) is 12.3. The van der Waals surface area contributed by atoms with Crippen molar-refractivity contribution in [3.63, 3.8) is 0 Å². The van der Waals surface area contributed by atoms with Crippen molar-refractivity contribution in [1.29, 1.82) is 0 Å². The van der Waals surface area contributed by atoms with Crippen LogP contribution in [0.2, 0.25) is 0 Å². The minimum atomic E-state index is 0.119. The minimum Gasteiger partial charge on any atom is -0.475 e. The number of fused-ring (bicyclic) bond motifs is 2. The zero-order valence-corrected chi connectivity index (χ0v) is 14.8. The molecule has 1 aliphatic carbocycles. The number of morpholine rings is 1. The molecule has 3 fully saturated rings. The number of nitrogen functional groups attached to an aromatic ring is 1. The van der Waals surface area contributed by atoms with Crippen LogP contribution in [0.4, 0.5) is 5.69 Å². The van der Waals surface area contributed by atoms with E-state index >= 15 is 0 Å². The Morgan fingerprint density at radius 1 is 1.08 bits per heavy atom. The second-order valence-corrected chi connectivity index (χ2v) is 7.63. The summed E-state index contributed by atoms with van der Waals surface area (Å²) >= 11 is 0. The number of aliphatic hydroxyl groups excluding tert-OH is 1. The van der Waals surface area contributed by atoms with Gasteiger partial charge in [0.1, 0.15) is 5.69 Å². The van der Waals surface area contributed by atoms with Crippen molar-refractivity contribution < 1.29 is 14.6 Å². The summed E-state index contributed by atoms with van der Waals surface area (Å²) in [7, 11) is 0. The van der Waals surface area contributed by atoms with E-state index in [1.807, 2.05) is 10.9 Å². The molecular formula is C18H30N4O3. The van der Waals surface area contributed by atoms with Crippen LogP contribution in [0.1, 0.15) is 51.0 Å². The highest BCUT2D eigenvalue weighted by atomic mass is 16.5. The van der Waals surface area contributed by atoms with E-state index in [2.05, 4.69) is 10.00 Å². The maximum absolute atomic E-state index is 8.85. The summed E-state index contributed by atoms with van der Waals surface area (Å²) in [6.07, 6.45) is 9.81. The normalized spacial score (nSPS) is 32.8. The van der Waals surface area contributed by atoms with Crippen molar-refractivity contribution in [3.05, 3.63) is 6.20 Å². The Balaban J connectivity index is 1.33. The van der Waals surface area contributed by atoms with Crippen molar-refractivity contribution in [2.45, 2.75) is 69.1 Å². The van der Waals surface area contributed by atoms with Gasteiger partial charge in [-0.05, 0) is 38.5 Å². The van der Waals surface area contributed by atoms with Crippen LogP contribution < -0.4 is 10.5 Å². The molecule has 0 spiro atoms. The second kappa shape index (κ2) is 7.51. The van der Waals surface area contributed by atoms with Crippen molar-refractivity contribution in [2.24, 2.45) is 0 Å². The molecule has 25 heavy (non-hydrogen) atoms. The molecule has 1 unspecified atom stereocenters. The lowest BCUT2D eigenvalue weighted by Crippen LogP contribution is -2.52. The molecule has 140 valence electrons. The topological polar surface area (TPSA) is 85.8 Å². The van der Waals surface area contributed by atoms with Crippen LogP contribution in [-0.4, -0.2) is 64.3 Å². The number of aromatic nitrogens is 2. The van der Waals surface area contributed by atoms with Crippen molar-refractivity contribution >= 4 is 5.69 Å². The molecule has 3 N–H and O–H groups in total. The zero-order valence-electron chi connectivity index (χ0n) is 14.8. The zero-order chi connectivity index (χ0) is 17.2. The fourth-order valence-electron chi connectivity index (χ4n) is 4.80. The Bertz CT molecular complexity index is 555. The first-order valence-corrected chi connectivity index (χ1v) is 9.69. The lowest BCUT2D eigenvalue weighted by Gasteiger charge is -2.43. The van der Waals surface area contributed by atoms with Gasteiger partial charge in [0.25, 0.3) is 5.88 Å². The summed E-state index contributed by atoms with van der Waals surface area (Å²) < 4.78 is 13.3. The highest BCUT2D eigenvalue weighted by Gasteiger charge is 2.42. The fourth-order valence-corrected chi connectivity index (χ4v) is 4.80. The fraction of sp³-hybridized carbons (Fsp3) is 0.833. The largest absolute Gasteiger partial charge is 0.475 e. The Morgan fingerprint density at radius 2 is 1.72 bits per heavy atom. The molecular weight excluding hydrogens is 320 g/mol. The van der Waals surface area contributed by atoms with E-state index in [9.17, 15) is 0 Å². The molecule has 0 amide bonds. The predicted molar refractivity (Wildman–Crippen MR) is 94.6 cm³/mol. The Hall–Kier alpha value is -1.31. The van der Waals surface area contributed by atoms with Gasteiger partial charge in [-0.15, -0.1) is 5.10 Å². The van der Waals surface area contributed by atoms with E-state index in [4.69, 9.17) is 20.3 Å². The molecule has 2 saturated heterocycles. The highest BCUT2D eigenvalue weighted by Crippen LogP contribution is 2.38. The van der Waals surface area contributed by atoms with Gasteiger partial charge in [0, 0.05) is 31.2 Å². The van der Waals surface area contributed by atoms with Gasteiger partial charge in [-0.1, -0.05) is 0 Å². The number of nitrogens with two attached hydrogens (primary N) is 1. The summed E-state index contributed by atoms with van der Waals surface area (Å²) in [5.41, 5.74) is 6.62. The van der Waals surface area contributed by atoms with Crippen LogP contribution >= 0.6 is 0 Å². The number of aliphatic hydroxyl groups is 1. The van der Waals surface area contributed by atoms with Crippen LogP contribution in [0.5, 0.6) is 5.88 Å². The standard InChI is InChI=1S/C18H30N4O3/c19-17-10-21(20-18(17)25-9-1-8-23)13-2-4-14(5-3-13)22-15-6-7-16(22)12-24-11-15/h10,13-16,23H,1-9,11-12,19H2/t13?,14?,15-,16?/m0/s1. The Labute approximate surface area is 149 Å². The van der Waals surface area contributed by atoms with Crippen molar-refractivity contribution in [3.8, 4) is 5.88 Å². The first-order valence-electron chi connectivity index (χ1n) is 9.69. The maximum atomic E-state index is 8.85. The molecule has 1 saturated carbocycles. The Morgan fingerprint density at radius 3 is 2.40 bits per heavy atom. The van der Waals surface area contributed by atoms with Gasteiger partial charge >= 0.3 is 0 Å². The van der Waals surface area contributed by atoms with E-state index in [1.165, 1.54) is 25.7 Å². The molecule has 2 atom stereocenters. The SMILES string of the molecule is Nc1cn(C2CCC(N3C4CC[C@H]3COC4)CC2)nc1OCCCO. The quantitative estimate of drug-likeness (QED) is 0.758.